The molecule has 0 amide bonds. The topological polar surface area (TPSA) is 52.0 Å². The van der Waals surface area contributed by atoms with Crippen LogP contribution in [0.5, 0.6) is 0 Å². The Labute approximate surface area is 77.0 Å². The third kappa shape index (κ3) is 9.66. The Bertz CT molecular complexity index is 120. The summed E-state index contributed by atoms with van der Waals surface area (Å²) in [6.07, 6.45) is 2.94. The van der Waals surface area contributed by atoms with Gasteiger partial charge in [0.1, 0.15) is 0 Å². The lowest BCUT2D eigenvalue weighted by Gasteiger charge is -2.29. The number of allylic oxidation sites excluding steroid dienone is 1. The lowest BCUT2D eigenvalue weighted by atomic mass is 9.81. The molecule has 0 radical (unpaired) electrons. The molecule has 0 aromatic carbocycles. The summed E-state index contributed by atoms with van der Waals surface area (Å²) in [7, 11) is 1.50. The first kappa shape index (κ1) is 14.2. The molecule has 2 nitrogen and oxygen atoms in total. The second kappa shape index (κ2) is 5.33. The van der Waals surface area contributed by atoms with Crippen LogP contribution in [0.3, 0.4) is 0 Å². The van der Waals surface area contributed by atoms with E-state index < -0.39 is 0 Å². The van der Waals surface area contributed by atoms with Gasteiger partial charge in [-0.25, -0.2) is 0 Å². The first-order valence-corrected chi connectivity index (χ1v) is 4.27. The van der Waals surface area contributed by atoms with Gasteiger partial charge in [-0.1, -0.05) is 19.9 Å². The van der Waals surface area contributed by atoms with Crippen molar-refractivity contribution in [1.29, 1.82) is 0 Å². The number of nitrogens with two attached hydrogens (primary N) is 2. The summed E-state index contributed by atoms with van der Waals surface area (Å²) in [6.45, 7) is 12.1. The summed E-state index contributed by atoms with van der Waals surface area (Å²) in [4.78, 5) is 0. The highest BCUT2D eigenvalue weighted by Gasteiger charge is 2.22. The van der Waals surface area contributed by atoms with E-state index in [1.54, 1.807) is 0 Å². The quantitative estimate of drug-likeness (QED) is 0.639. The first-order valence-electron chi connectivity index (χ1n) is 4.27. The monoisotopic (exact) mass is 172 g/mol. The maximum atomic E-state index is 5.85. The maximum Gasteiger partial charge on any atom is 0.0105 e. The molecule has 0 aromatic rings. The van der Waals surface area contributed by atoms with Crippen molar-refractivity contribution in [2.24, 2.45) is 16.9 Å². The number of rotatable bonds is 3. The van der Waals surface area contributed by atoms with Crippen LogP contribution in [0.25, 0.3) is 0 Å². The Hall–Kier alpha value is -0.340. The maximum absolute atomic E-state index is 5.85. The smallest absolute Gasteiger partial charge is 0.0105 e. The molecule has 12 heavy (non-hydrogen) atoms. The van der Waals surface area contributed by atoms with E-state index in [1.165, 1.54) is 7.05 Å². The van der Waals surface area contributed by atoms with Crippen LogP contribution in [0.1, 0.15) is 34.1 Å². The average Bonchev–Trinajstić information content (AvgIpc) is 1.88. The second-order valence-electron chi connectivity index (χ2n) is 4.36. The Kier molecular flexibility index (Phi) is 6.31. The summed E-state index contributed by atoms with van der Waals surface area (Å²) in [5.41, 5.74) is 10.4. The molecule has 0 aliphatic heterocycles. The zero-order valence-corrected chi connectivity index (χ0v) is 9.15. The molecule has 0 spiro atoms. The Morgan fingerprint density at radius 1 is 1.17 bits per heavy atom. The molecule has 4 N–H and O–H groups in total. The lowest BCUT2D eigenvalue weighted by Crippen LogP contribution is -2.36. The summed E-state index contributed by atoms with van der Waals surface area (Å²) in [5.74, 6) is 0. The molecule has 0 atom stereocenters. The molecule has 0 saturated carbocycles. The second-order valence-corrected chi connectivity index (χ2v) is 4.36. The highest BCUT2D eigenvalue weighted by molar-refractivity contribution is 4.93. The van der Waals surface area contributed by atoms with Gasteiger partial charge in [0.2, 0.25) is 0 Å². The normalized spacial score (nSPS) is 11.6. The third-order valence-electron chi connectivity index (χ3n) is 1.46. The summed E-state index contributed by atoms with van der Waals surface area (Å²) >= 11 is 0. The van der Waals surface area contributed by atoms with Crippen molar-refractivity contribution in [3.8, 4) is 0 Å². The van der Waals surface area contributed by atoms with E-state index in [0.29, 0.717) is 0 Å². The Balaban J connectivity index is 0. The zero-order chi connectivity index (χ0) is 10.4. The van der Waals surface area contributed by atoms with Gasteiger partial charge in [-0.3, -0.25) is 0 Å². The van der Waals surface area contributed by atoms with E-state index in [9.17, 15) is 0 Å². The summed E-state index contributed by atoms with van der Waals surface area (Å²) in [6, 6.07) is 0. The molecular formula is C10H24N2. The third-order valence-corrected chi connectivity index (χ3v) is 1.46. The van der Waals surface area contributed by atoms with Crippen LogP contribution >= 0.6 is 0 Å². The average molecular weight is 172 g/mol. The largest absolute Gasteiger partial charge is 0.333 e. The van der Waals surface area contributed by atoms with Gasteiger partial charge in [-0.2, -0.15) is 0 Å². The molecule has 2 heteroatoms. The molecule has 0 fully saturated rings. The van der Waals surface area contributed by atoms with Gasteiger partial charge in [0.15, 0.2) is 0 Å². The van der Waals surface area contributed by atoms with Crippen LogP contribution in [0.2, 0.25) is 0 Å². The predicted molar refractivity (Wildman–Crippen MR) is 57.0 cm³/mol. The molecule has 0 heterocycles. The first-order chi connectivity index (χ1) is 5.27. The van der Waals surface area contributed by atoms with Crippen LogP contribution in [0, 0.1) is 5.41 Å². The fourth-order valence-electron chi connectivity index (χ4n) is 1.25. The predicted octanol–water partition coefficient (Wildman–Crippen LogP) is 1.90. The fraction of sp³-hybridized carbons (Fsp3) is 0.800. The molecular weight excluding hydrogens is 148 g/mol. The zero-order valence-electron chi connectivity index (χ0n) is 9.15. The molecule has 0 rings (SSSR count). The fourth-order valence-corrected chi connectivity index (χ4v) is 1.25. The Morgan fingerprint density at radius 3 is 1.58 bits per heavy atom. The van der Waals surface area contributed by atoms with Crippen LogP contribution in [-0.2, 0) is 0 Å². The van der Waals surface area contributed by atoms with Crippen molar-refractivity contribution in [1.82, 2.24) is 0 Å². The molecule has 0 aliphatic carbocycles. The van der Waals surface area contributed by atoms with Gasteiger partial charge in [0.05, 0.1) is 0 Å². The molecule has 0 saturated heterocycles. The van der Waals surface area contributed by atoms with Crippen molar-refractivity contribution in [2.45, 2.75) is 39.7 Å². The van der Waals surface area contributed by atoms with Crippen molar-refractivity contribution in [3.05, 3.63) is 12.7 Å². The van der Waals surface area contributed by atoms with E-state index in [-0.39, 0.29) is 11.0 Å². The number of hydrogen-bond acceptors (Lipinski definition) is 2. The van der Waals surface area contributed by atoms with Crippen LogP contribution in [0.15, 0.2) is 12.7 Å². The molecule has 0 aliphatic rings. The van der Waals surface area contributed by atoms with E-state index >= 15 is 0 Å². The van der Waals surface area contributed by atoms with E-state index in [4.69, 9.17) is 5.73 Å². The van der Waals surface area contributed by atoms with Gasteiger partial charge < -0.3 is 11.5 Å². The van der Waals surface area contributed by atoms with Gasteiger partial charge in [0, 0.05) is 5.54 Å². The molecule has 0 aromatic heterocycles. The number of hydrogen-bond donors (Lipinski definition) is 2. The van der Waals surface area contributed by atoms with Crippen LogP contribution < -0.4 is 11.5 Å². The Morgan fingerprint density at radius 2 is 1.50 bits per heavy atom. The minimum Gasteiger partial charge on any atom is -0.333 e. The molecule has 74 valence electrons. The van der Waals surface area contributed by atoms with Gasteiger partial charge in [-0.15, -0.1) is 6.58 Å². The highest BCUT2D eigenvalue weighted by atomic mass is 14.7. The van der Waals surface area contributed by atoms with E-state index in [2.05, 4.69) is 26.2 Å². The minimum absolute atomic E-state index is 0.0856. The van der Waals surface area contributed by atoms with E-state index in [1.807, 2.05) is 19.9 Å². The van der Waals surface area contributed by atoms with Gasteiger partial charge in [0.25, 0.3) is 0 Å². The SMILES string of the molecule is C=CC(C)(C)CC(C)(C)N.CN. The lowest BCUT2D eigenvalue weighted by molar-refractivity contribution is 0.324. The molecule has 0 unspecified atom stereocenters. The molecule has 0 bridgehead atoms. The minimum atomic E-state index is -0.0856. The van der Waals surface area contributed by atoms with Gasteiger partial charge in [-0.05, 0) is 32.7 Å². The van der Waals surface area contributed by atoms with Crippen molar-refractivity contribution >= 4 is 0 Å². The van der Waals surface area contributed by atoms with Crippen LogP contribution in [0.4, 0.5) is 0 Å². The van der Waals surface area contributed by atoms with Crippen molar-refractivity contribution < 1.29 is 0 Å². The van der Waals surface area contributed by atoms with Gasteiger partial charge >= 0.3 is 0 Å². The summed E-state index contributed by atoms with van der Waals surface area (Å²) < 4.78 is 0. The standard InChI is InChI=1S/C9H19N.CH5N/c1-6-8(2,3)7-9(4,5)10;1-2/h6H,1,7,10H2,2-5H3;2H2,1H3. The van der Waals surface area contributed by atoms with Crippen LogP contribution in [-0.4, -0.2) is 12.6 Å². The van der Waals surface area contributed by atoms with Crippen molar-refractivity contribution in [3.63, 3.8) is 0 Å². The van der Waals surface area contributed by atoms with Crippen molar-refractivity contribution in [2.75, 3.05) is 7.05 Å². The highest BCUT2D eigenvalue weighted by Crippen LogP contribution is 2.26. The summed E-state index contributed by atoms with van der Waals surface area (Å²) in [5, 5.41) is 0. The van der Waals surface area contributed by atoms with E-state index in [0.717, 1.165) is 6.42 Å².